The number of rotatable bonds is 6. The van der Waals surface area contributed by atoms with Crippen LogP contribution in [0.2, 0.25) is 0 Å². The fourth-order valence-corrected chi connectivity index (χ4v) is 5.07. The number of nitrogens with one attached hydrogen (secondary N) is 1. The summed E-state index contributed by atoms with van der Waals surface area (Å²) in [7, 11) is 1.62. The molecule has 1 aliphatic carbocycles. The Labute approximate surface area is 174 Å². The van der Waals surface area contributed by atoms with Gasteiger partial charge in [0.2, 0.25) is 5.92 Å². The normalized spacial score (nSPS) is 25.4. The van der Waals surface area contributed by atoms with Gasteiger partial charge in [-0.2, -0.15) is 0 Å². The second-order valence-corrected chi connectivity index (χ2v) is 8.76. The van der Waals surface area contributed by atoms with E-state index < -0.39 is 11.9 Å². The summed E-state index contributed by atoms with van der Waals surface area (Å²) in [6, 6.07) is 5.83. The van der Waals surface area contributed by atoms with Crippen LogP contribution in [0.3, 0.4) is 0 Å². The summed E-state index contributed by atoms with van der Waals surface area (Å²) in [5.74, 6) is -1.56. The molecular formula is C22H29F2N3O3. The van der Waals surface area contributed by atoms with Gasteiger partial charge in [-0.05, 0) is 49.8 Å². The lowest BCUT2D eigenvalue weighted by molar-refractivity contribution is -0.139. The van der Waals surface area contributed by atoms with Crippen LogP contribution in [0.1, 0.15) is 44.3 Å². The Morgan fingerprint density at radius 1 is 1.30 bits per heavy atom. The lowest BCUT2D eigenvalue weighted by Crippen LogP contribution is -2.49. The number of fused-ring (bicyclic) bond motifs is 1. The van der Waals surface area contributed by atoms with Crippen molar-refractivity contribution in [3.8, 4) is 5.75 Å². The molecule has 2 aromatic rings. The highest BCUT2D eigenvalue weighted by atomic mass is 19.3. The molecule has 0 bridgehead atoms. The number of aromatic nitrogens is 2. The van der Waals surface area contributed by atoms with Gasteiger partial charge in [0.25, 0.3) is 0 Å². The third-order valence-corrected chi connectivity index (χ3v) is 6.76. The van der Waals surface area contributed by atoms with E-state index in [0.717, 1.165) is 42.1 Å². The second kappa shape index (κ2) is 8.49. The molecule has 0 amide bonds. The number of likely N-dealkylation sites (tertiary alicyclic amines) is 1. The summed E-state index contributed by atoms with van der Waals surface area (Å²) >= 11 is 0. The van der Waals surface area contributed by atoms with Crippen LogP contribution in [0.4, 0.5) is 8.78 Å². The van der Waals surface area contributed by atoms with Crippen molar-refractivity contribution in [3.05, 3.63) is 24.0 Å². The number of halogens is 2. The molecule has 0 spiro atoms. The SMILES string of the molecule is COc1ccc2nc(CC3CN(C4CCC(F)(F)CC4)CCC3CC(=O)O)[nH]c2c1. The number of carboxylic acids is 1. The Morgan fingerprint density at radius 2 is 2.07 bits per heavy atom. The molecule has 1 saturated carbocycles. The van der Waals surface area contributed by atoms with Gasteiger partial charge in [0.15, 0.2) is 0 Å². The molecule has 1 aliphatic heterocycles. The number of aliphatic carboxylic acids is 1. The van der Waals surface area contributed by atoms with Crippen molar-refractivity contribution in [1.82, 2.24) is 14.9 Å². The molecule has 4 rings (SSSR count). The van der Waals surface area contributed by atoms with Crippen molar-refractivity contribution in [1.29, 1.82) is 0 Å². The first kappa shape index (κ1) is 21.0. The van der Waals surface area contributed by atoms with Crippen LogP contribution in [-0.4, -0.2) is 58.1 Å². The van der Waals surface area contributed by atoms with Crippen molar-refractivity contribution >= 4 is 17.0 Å². The molecule has 2 heterocycles. The van der Waals surface area contributed by atoms with Crippen molar-refractivity contribution in [2.75, 3.05) is 20.2 Å². The van der Waals surface area contributed by atoms with Gasteiger partial charge in [0.1, 0.15) is 11.6 Å². The number of hydrogen-bond acceptors (Lipinski definition) is 4. The fourth-order valence-electron chi connectivity index (χ4n) is 5.07. The molecule has 6 nitrogen and oxygen atoms in total. The predicted molar refractivity (Wildman–Crippen MR) is 109 cm³/mol. The molecule has 1 saturated heterocycles. The smallest absolute Gasteiger partial charge is 0.303 e. The summed E-state index contributed by atoms with van der Waals surface area (Å²) in [6.07, 6.45) is 2.47. The number of alkyl halides is 2. The Bertz CT molecular complexity index is 891. The number of benzene rings is 1. The van der Waals surface area contributed by atoms with Crippen molar-refractivity contribution < 1.29 is 23.4 Å². The van der Waals surface area contributed by atoms with E-state index in [1.54, 1.807) is 7.11 Å². The van der Waals surface area contributed by atoms with Gasteiger partial charge in [-0.15, -0.1) is 0 Å². The quantitative estimate of drug-likeness (QED) is 0.734. The van der Waals surface area contributed by atoms with Gasteiger partial charge in [-0.1, -0.05) is 0 Å². The van der Waals surface area contributed by atoms with Gasteiger partial charge < -0.3 is 19.7 Å². The van der Waals surface area contributed by atoms with Crippen LogP contribution < -0.4 is 4.74 Å². The summed E-state index contributed by atoms with van der Waals surface area (Å²) in [4.78, 5) is 21.7. The molecule has 164 valence electrons. The summed E-state index contributed by atoms with van der Waals surface area (Å²) in [6.45, 7) is 1.51. The number of nitrogens with zero attached hydrogens (tertiary/aromatic N) is 2. The molecule has 1 aromatic carbocycles. The highest BCUT2D eigenvalue weighted by Gasteiger charge is 2.40. The highest BCUT2D eigenvalue weighted by molar-refractivity contribution is 5.76. The summed E-state index contributed by atoms with van der Waals surface area (Å²) in [5.41, 5.74) is 1.74. The standard InChI is InChI=1S/C22H29F2N3O3/c1-30-17-2-3-18-19(12-17)26-20(25-18)10-15-13-27(9-6-14(15)11-21(28)29)16-4-7-22(23,24)8-5-16/h2-3,12,14-16H,4-11,13H2,1H3,(H,25,26)(H,28,29). The maximum atomic E-state index is 13.6. The molecular weight excluding hydrogens is 392 g/mol. The van der Waals surface area contributed by atoms with Gasteiger partial charge in [0.05, 0.1) is 18.1 Å². The van der Waals surface area contributed by atoms with E-state index in [4.69, 9.17) is 4.74 Å². The average Bonchev–Trinajstić information content (AvgIpc) is 3.10. The average molecular weight is 421 g/mol. The topological polar surface area (TPSA) is 78.4 Å². The van der Waals surface area contributed by atoms with E-state index in [0.29, 0.717) is 19.3 Å². The molecule has 2 N–H and O–H groups in total. The predicted octanol–water partition coefficient (Wildman–Crippen LogP) is 4.10. The van der Waals surface area contributed by atoms with Gasteiger partial charge >= 0.3 is 5.97 Å². The number of carboxylic acid groups (broad SMARTS) is 1. The zero-order chi connectivity index (χ0) is 21.3. The number of H-pyrrole nitrogens is 1. The first-order valence-electron chi connectivity index (χ1n) is 10.7. The minimum Gasteiger partial charge on any atom is -0.497 e. The fraction of sp³-hybridized carbons (Fsp3) is 0.636. The van der Waals surface area contributed by atoms with Crippen LogP contribution in [0.15, 0.2) is 18.2 Å². The monoisotopic (exact) mass is 421 g/mol. The van der Waals surface area contributed by atoms with Crippen molar-refractivity contribution in [2.24, 2.45) is 11.8 Å². The molecule has 2 fully saturated rings. The molecule has 2 unspecified atom stereocenters. The van der Waals surface area contributed by atoms with Crippen LogP contribution in [0.25, 0.3) is 11.0 Å². The number of hydrogen-bond donors (Lipinski definition) is 2. The second-order valence-electron chi connectivity index (χ2n) is 8.76. The van der Waals surface area contributed by atoms with Crippen LogP contribution in [0, 0.1) is 11.8 Å². The Morgan fingerprint density at radius 3 is 2.77 bits per heavy atom. The molecule has 1 aromatic heterocycles. The number of methoxy groups -OCH3 is 1. The third kappa shape index (κ3) is 4.74. The van der Waals surface area contributed by atoms with Crippen LogP contribution in [-0.2, 0) is 11.2 Å². The van der Waals surface area contributed by atoms with Gasteiger partial charge in [-0.3, -0.25) is 4.79 Å². The zero-order valence-electron chi connectivity index (χ0n) is 17.2. The first-order chi connectivity index (χ1) is 14.3. The zero-order valence-corrected chi connectivity index (χ0v) is 17.2. The third-order valence-electron chi connectivity index (χ3n) is 6.76. The molecule has 30 heavy (non-hydrogen) atoms. The van der Waals surface area contributed by atoms with Crippen molar-refractivity contribution in [2.45, 2.75) is 56.9 Å². The van der Waals surface area contributed by atoms with E-state index in [2.05, 4.69) is 14.9 Å². The lowest BCUT2D eigenvalue weighted by atomic mass is 9.79. The number of piperidine rings is 1. The van der Waals surface area contributed by atoms with E-state index in [1.165, 1.54) is 0 Å². The van der Waals surface area contributed by atoms with Crippen LogP contribution in [0.5, 0.6) is 5.75 Å². The maximum Gasteiger partial charge on any atom is 0.303 e. The number of imidazole rings is 1. The largest absolute Gasteiger partial charge is 0.497 e. The first-order valence-corrected chi connectivity index (χ1v) is 10.7. The van der Waals surface area contributed by atoms with E-state index in [1.807, 2.05) is 18.2 Å². The maximum absolute atomic E-state index is 13.6. The highest BCUT2D eigenvalue weighted by Crippen LogP contribution is 2.38. The van der Waals surface area contributed by atoms with E-state index in [9.17, 15) is 18.7 Å². The molecule has 2 aliphatic rings. The lowest BCUT2D eigenvalue weighted by Gasteiger charge is -2.44. The van der Waals surface area contributed by atoms with E-state index >= 15 is 0 Å². The van der Waals surface area contributed by atoms with Gasteiger partial charge in [-0.25, -0.2) is 13.8 Å². The van der Waals surface area contributed by atoms with Crippen LogP contribution >= 0.6 is 0 Å². The molecule has 0 radical (unpaired) electrons. The Balaban J connectivity index is 1.49. The number of aromatic amines is 1. The molecule has 8 heteroatoms. The van der Waals surface area contributed by atoms with E-state index in [-0.39, 0.29) is 37.1 Å². The van der Waals surface area contributed by atoms with Gasteiger partial charge in [0, 0.05) is 44.3 Å². The Kier molecular flexibility index (Phi) is 5.95. The number of carbonyl (C=O) groups is 1. The number of ether oxygens (including phenoxy) is 1. The molecule has 2 atom stereocenters. The van der Waals surface area contributed by atoms with Crippen molar-refractivity contribution in [3.63, 3.8) is 0 Å². The Hall–Kier alpha value is -2.22. The minimum absolute atomic E-state index is 0.0528. The minimum atomic E-state index is -2.53. The summed E-state index contributed by atoms with van der Waals surface area (Å²) < 4.78 is 32.4. The summed E-state index contributed by atoms with van der Waals surface area (Å²) in [5, 5.41) is 9.36.